The molecule has 0 spiro atoms. The number of nitrogens with zero attached hydrogens (tertiary/aromatic N) is 3. The van der Waals surface area contributed by atoms with Gasteiger partial charge in [0, 0.05) is 18.8 Å². The van der Waals surface area contributed by atoms with Crippen LogP contribution in [0, 0.1) is 0 Å². The van der Waals surface area contributed by atoms with E-state index in [0.29, 0.717) is 39.4 Å². The molecule has 3 heterocycles. The van der Waals surface area contributed by atoms with E-state index in [1.807, 2.05) is 6.07 Å². The van der Waals surface area contributed by atoms with Gasteiger partial charge >= 0.3 is 0 Å². The number of thioether (sulfide) groups is 1. The third-order valence-corrected chi connectivity index (χ3v) is 6.91. The monoisotopic (exact) mass is 474 g/mol. The van der Waals surface area contributed by atoms with E-state index in [9.17, 15) is 9.59 Å². The topological polar surface area (TPSA) is 96.2 Å². The van der Waals surface area contributed by atoms with Crippen LogP contribution in [-0.2, 0) is 9.53 Å². The van der Waals surface area contributed by atoms with Gasteiger partial charge in [-0.05, 0) is 31.1 Å². The van der Waals surface area contributed by atoms with Crippen LogP contribution in [0.15, 0.2) is 34.1 Å². The van der Waals surface area contributed by atoms with Crippen molar-refractivity contribution in [3.63, 3.8) is 0 Å². The molecular formula is C22H26N4O4S2. The summed E-state index contributed by atoms with van der Waals surface area (Å²) < 4.78 is 7.30. The number of hydrogen-bond donors (Lipinski definition) is 2. The van der Waals surface area contributed by atoms with Gasteiger partial charge < -0.3 is 15.2 Å². The standard InChI is InChI=1S/C22H26N4O4S2/c27-11-13-30-12-9-23-19-16(20(28)25-10-5-4-8-18(25)24-19)14-17-21(29)26(22(31)32-17)15-6-2-1-3-7-15/h4-5,8,10,14-15,23,27H,1-3,6-7,9,11-13H2/b17-14-. The maximum Gasteiger partial charge on any atom is 0.267 e. The molecule has 1 amide bonds. The second-order valence-electron chi connectivity index (χ2n) is 7.71. The molecule has 1 saturated carbocycles. The number of nitrogens with one attached hydrogen (secondary N) is 1. The van der Waals surface area contributed by atoms with Gasteiger partial charge in [0.25, 0.3) is 11.5 Å². The van der Waals surface area contributed by atoms with Crippen LogP contribution in [0.2, 0.25) is 0 Å². The van der Waals surface area contributed by atoms with Crippen LogP contribution in [0.5, 0.6) is 0 Å². The normalized spacial score (nSPS) is 18.8. The Morgan fingerprint density at radius 2 is 2.06 bits per heavy atom. The minimum atomic E-state index is -0.266. The van der Waals surface area contributed by atoms with E-state index in [-0.39, 0.29) is 30.7 Å². The highest BCUT2D eigenvalue weighted by Crippen LogP contribution is 2.37. The van der Waals surface area contributed by atoms with Crippen molar-refractivity contribution in [1.82, 2.24) is 14.3 Å². The van der Waals surface area contributed by atoms with Crippen LogP contribution in [0.1, 0.15) is 37.7 Å². The number of ether oxygens (including phenoxy) is 1. The predicted octanol–water partition coefficient (Wildman–Crippen LogP) is 2.65. The molecule has 4 rings (SSSR count). The van der Waals surface area contributed by atoms with E-state index in [4.69, 9.17) is 22.1 Å². The summed E-state index contributed by atoms with van der Waals surface area (Å²) in [5.41, 5.74) is 0.542. The van der Waals surface area contributed by atoms with Crippen LogP contribution in [-0.4, -0.2) is 62.0 Å². The molecule has 32 heavy (non-hydrogen) atoms. The number of aliphatic hydroxyl groups is 1. The van der Waals surface area contributed by atoms with Crippen LogP contribution >= 0.6 is 24.0 Å². The zero-order valence-corrected chi connectivity index (χ0v) is 19.3. The minimum Gasteiger partial charge on any atom is -0.394 e. The molecule has 0 aromatic carbocycles. The number of aromatic nitrogens is 2. The Kier molecular flexibility index (Phi) is 7.56. The van der Waals surface area contributed by atoms with Crippen molar-refractivity contribution in [2.45, 2.75) is 38.1 Å². The average Bonchev–Trinajstić information content (AvgIpc) is 3.09. The summed E-state index contributed by atoms with van der Waals surface area (Å²) in [5.74, 6) is 0.249. The molecule has 2 fully saturated rings. The minimum absolute atomic E-state index is 0.0519. The third-order valence-electron chi connectivity index (χ3n) is 5.58. The first-order chi connectivity index (χ1) is 15.6. The van der Waals surface area contributed by atoms with E-state index in [1.54, 1.807) is 29.3 Å². The van der Waals surface area contributed by atoms with Crippen LogP contribution in [0.4, 0.5) is 5.82 Å². The van der Waals surface area contributed by atoms with Gasteiger partial charge in [-0.2, -0.15) is 0 Å². The van der Waals surface area contributed by atoms with Crippen LogP contribution in [0.25, 0.3) is 11.7 Å². The lowest BCUT2D eigenvalue weighted by Gasteiger charge is -2.29. The molecule has 2 N–H and O–H groups in total. The zero-order valence-electron chi connectivity index (χ0n) is 17.7. The van der Waals surface area contributed by atoms with E-state index >= 15 is 0 Å². The average molecular weight is 475 g/mol. The Labute approximate surface area is 195 Å². The van der Waals surface area contributed by atoms with Crippen molar-refractivity contribution < 1.29 is 14.6 Å². The molecule has 0 unspecified atom stereocenters. The van der Waals surface area contributed by atoms with Gasteiger partial charge in [-0.25, -0.2) is 4.98 Å². The van der Waals surface area contributed by atoms with E-state index in [0.717, 1.165) is 25.7 Å². The van der Waals surface area contributed by atoms with Gasteiger partial charge in [-0.3, -0.25) is 18.9 Å². The molecule has 1 aliphatic heterocycles. The second-order valence-corrected chi connectivity index (χ2v) is 9.39. The molecule has 1 saturated heterocycles. The summed E-state index contributed by atoms with van der Waals surface area (Å²) in [4.78, 5) is 33.2. The highest BCUT2D eigenvalue weighted by molar-refractivity contribution is 8.26. The second kappa shape index (κ2) is 10.6. The number of amides is 1. The molecule has 2 aromatic rings. The number of hydrogen-bond acceptors (Lipinski definition) is 8. The Morgan fingerprint density at radius 3 is 2.84 bits per heavy atom. The lowest BCUT2D eigenvalue weighted by Crippen LogP contribution is -2.39. The van der Waals surface area contributed by atoms with Crippen LogP contribution < -0.4 is 10.9 Å². The number of thiocarbonyl (C=S) groups is 1. The SMILES string of the molecule is O=C1/C(=C/c2c(NCCOCCO)nc3ccccn3c2=O)SC(=S)N1C1CCCCC1. The number of pyridine rings is 1. The fraction of sp³-hybridized carbons (Fsp3) is 0.455. The molecule has 1 aliphatic carbocycles. The number of rotatable bonds is 8. The number of anilines is 1. The molecule has 0 atom stereocenters. The summed E-state index contributed by atoms with van der Waals surface area (Å²) in [6, 6.07) is 5.46. The summed E-state index contributed by atoms with van der Waals surface area (Å²) in [6.07, 6.45) is 8.57. The lowest BCUT2D eigenvalue weighted by molar-refractivity contribution is -0.124. The number of aliphatic hydroxyl groups excluding tert-OH is 1. The molecule has 0 bridgehead atoms. The van der Waals surface area contributed by atoms with Crippen molar-refractivity contribution in [3.8, 4) is 0 Å². The molecular weight excluding hydrogens is 448 g/mol. The van der Waals surface area contributed by atoms with Crippen molar-refractivity contribution >= 4 is 51.7 Å². The summed E-state index contributed by atoms with van der Waals surface area (Å²) in [7, 11) is 0. The highest BCUT2D eigenvalue weighted by atomic mass is 32.2. The molecule has 2 aliphatic rings. The molecule has 10 heteroatoms. The fourth-order valence-corrected chi connectivity index (χ4v) is 5.42. The number of carbonyl (C=O) groups excluding carboxylic acids is 1. The number of carbonyl (C=O) groups is 1. The summed E-state index contributed by atoms with van der Waals surface area (Å²) in [5, 5.41) is 12.0. The maximum atomic E-state index is 13.3. The largest absolute Gasteiger partial charge is 0.394 e. The smallest absolute Gasteiger partial charge is 0.267 e. The number of fused-ring (bicyclic) bond motifs is 1. The van der Waals surface area contributed by atoms with Gasteiger partial charge in [-0.1, -0.05) is 49.3 Å². The lowest BCUT2D eigenvalue weighted by atomic mass is 9.94. The molecule has 2 aromatic heterocycles. The van der Waals surface area contributed by atoms with E-state index in [2.05, 4.69) is 10.3 Å². The van der Waals surface area contributed by atoms with Gasteiger partial charge in [0.2, 0.25) is 0 Å². The molecule has 0 radical (unpaired) electrons. The first kappa shape index (κ1) is 22.9. The Balaban J connectivity index is 1.66. The van der Waals surface area contributed by atoms with Crippen molar-refractivity contribution in [3.05, 3.63) is 45.2 Å². The van der Waals surface area contributed by atoms with E-state index in [1.165, 1.54) is 22.6 Å². The van der Waals surface area contributed by atoms with Gasteiger partial charge in [0.1, 0.15) is 15.8 Å². The summed E-state index contributed by atoms with van der Waals surface area (Å²) in [6.45, 7) is 0.939. The zero-order chi connectivity index (χ0) is 22.5. The Bertz CT molecular complexity index is 1100. The first-order valence-corrected chi connectivity index (χ1v) is 12.0. The van der Waals surface area contributed by atoms with Crippen molar-refractivity contribution in [2.75, 3.05) is 31.7 Å². The molecule has 170 valence electrons. The van der Waals surface area contributed by atoms with Crippen LogP contribution in [0.3, 0.4) is 0 Å². The quantitative estimate of drug-likeness (QED) is 0.343. The van der Waals surface area contributed by atoms with Crippen molar-refractivity contribution in [1.29, 1.82) is 0 Å². The maximum absolute atomic E-state index is 13.3. The van der Waals surface area contributed by atoms with E-state index < -0.39 is 0 Å². The van der Waals surface area contributed by atoms with Crippen molar-refractivity contribution in [2.24, 2.45) is 0 Å². The highest BCUT2D eigenvalue weighted by Gasteiger charge is 2.37. The van der Waals surface area contributed by atoms with Gasteiger partial charge in [0.15, 0.2) is 0 Å². The third kappa shape index (κ3) is 4.88. The summed E-state index contributed by atoms with van der Waals surface area (Å²) >= 11 is 6.76. The van der Waals surface area contributed by atoms with Gasteiger partial charge in [0.05, 0.1) is 30.3 Å². The molecule has 8 nitrogen and oxygen atoms in total. The Hall–Kier alpha value is -2.27. The Morgan fingerprint density at radius 1 is 1.25 bits per heavy atom. The first-order valence-electron chi connectivity index (χ1n) is 10.8. The fourth-order valence-electron chi connectivity index (χ4n) is 4.04. The predicted molar refractivity (Wildman–Crippen MR) is 130 cm³/mol. The van der Waals surface area contributed by atoms with Gasteiger partial charge in [-0.15, -0.1) is 0 Å².